The highest BCUT2D eigenvalue weighted by molar-refractivity contribution is 8.00. The minimum Gasteiger partial charge on any atom is -0.240 e. The summed E-state index contributed by atoms with van der Waals surface area (Å²) in [6, 6.07) is 0. The Morgan fingerprint density at radius 2 is 2.00 bits per heavy atom. The zero-order valence-electron chi connectivity index (χ0n) is 10.3. The van der Waals surface area contributed by atoms with Gasteiger partial charge in [-0.1, -0.05) is 34.6 Å². The summed E-state index contributed by atoms with van der Waals surface area (Å²) in [5, 5.41) is 4.63. The summed E-state index contributed by atoms with van der Waals surface area (Å²) in [5.74, 6) is 0.675. The van der Waals surface area contributed by atoms with E-state index >= 15 is 0 Å². The summed E-state index contributed by atoms with van der Waals surface area (Å²) in [5.41, 5.74) is 0. The van der Waals surface area contributed by atoms with Crippen molar-refractivity contribution in [2.45, 2.75) is 51.2 Å². The van der Waals surface area contributed by atoms with Crippen LogP contribution >= 0.6 is 11.8 Å². The lowest BCUT2D eigenvalue weighted by molar-refractivity contribution is 0.471. The van der Waals surface area contributed by atoms with Crippen molar-refractivity contribution in [1.82, 2.24) is 14.8 Å². The Kier molecular flexibility index (Phi) is 4.20. The van der Waals surface area contributed by atoms with Crippen molar-refractivity contribution in [3.8, 4) is 0 Å². The van der Waals surface area contributed by atoms with Gasteiger partial charge in [0.05, 0.1) is 5.37 Å². The Morgan fingerprint density at radius 1 is 1.33 bits per heavy atom. The molecule has 0 aromatic carbocycles. The molecular formula is C11H21N3S. The molecule has 4 heteroatoms. The molecule has 0 fully saturated rings. The number of thioether (sulfide) groups is 1. The van der Waals surface area contributed by atoms with Gasteiger partial charge in [0.1, 0.15) is 12.7 Å². The van der Waals surface area contributed by atoms with E-state index in [4.69, 9.17) is 0 Å². The number of rotatable bonds is 4. The molecule has 1 aromatic rings. The zero-order valence-corrected chi connectivity index (χ0v) is 11.1. The van der Waals surface area contributed by atoms with Gasteiger partial charge in [-0.15, -0.1) is 11.8 Å². The van der Waals surface area contributed by atoms with Crippen LogP contribution in [0.25, 0.3) is 0 Å². The fourth-order valence-corrected chi connectivity index (χ4v) is 2.90. The molecule has 0 saturated carbocycles. The van der Waals surface area contributed by atoms with Gasteiger partial charge in [0.15, 0.2) is 0 Å². The van der Waals surface area contributed by atoms with Crippen LogP contribution in [-0.2, 0) is 0 Å². The van der Waals surface area contributed by atoms with Gasteiger partial charge in [-0.2, -0.15) is 5.10 Å². The van der Waals surface area contributed by atoms with Gasteiger partial charge in [-0.05, 0) is 12.3 Å². The summed E-state index contributed by atoms with van der Waals surface area (Å²) in [6.07, 6.45) is 4.55. The molecule has 0 aliphatic rings. The molecule has 1 atom stereocenters. The maximum atomic E-state index is 4.24. The molecule has 1 rings (SSSR count). The average Bonchev–Trinajstić information content (AvgIpc) is 2.50. The van der Waals surface area contributed by atoms with Crippen molar-refractivity contribution < 1.29 is 0 Å². The highest BCUT2D eigenvalue weighted by atomic mass is 32.2. The van der Waals surface area contributed by atoms with Crippen LogP contribution < -0.4 is 0 Å². The molecule has 0 N–H and O–H groups in total. The van der Waals surface area contributed by atoms with E-state index in [-0.39, 0.29) is 4.75 Å². The third-order valence-corrected chi connectivity index (χ3v) is 3.28. The van der Waals surface area contributed by atoms with Crippen LogP contribution in [0, 0.1) is 5.92 Å². The second-order valence-electron chi connectivity index (χ2n) is 5.19. The van der Waals surface area contributed by atoms with Gasteiger partial charge in [-0.3, -0.25) is 0 Å². The molecule has 1 unspecified atom stereocenters. The van der Waals surface area contributed by atoms with E-state index in [0.29, 0.717) is 11.3 Å². The predicted octanol–water partition coefficient (Wildman–Crippen LogP) is 3.35. The maximum absolute atomic E-state index is 4.24. The van der Waals surface area contributed by atoms with Crippen LogP contribution in [-0.4, -0.2) is 19.5 Å². The molecule has 1 aromatic heterocycles. The lowest BCUT2D eigenvalue weighted by Crippen LogP contribution is -2.17. The van der Waals surface area contributed by atoms with E-state index < -0.39 is 0 Å². The standard InChI is InChI=1S/C11H21N3S/c1-9(2)6-10(15-11(3,4)5)14-8-12-7-13-14/h7-10H,6H2,1-5H3. The normalized spacial score (nSPS) is 14.5. The lowest BCUT2D eigenvalue weighted by atomic mass is 10.1. The minimum absolute atomic E-state index is 0.255. The van der Waals surface area contributed by atoms with Gasteiger partial charge < -0.3 is 0 Å². The molecule has 3 nitrogen and oxygen atoms in total. The highest BCUT2D eigenvalue weighted by Crippen LogP contribution is 2.37. The predicted molar refractivity (Wildman–Crippen MR) is 65.9 cm³/mol. The Bertz CT molecular complexity index is 275. The number of hydrogen-bond donors (Lipinski definition) is 0. The Hall–Kier alpha value is -0.510. The first kappa shape index (κ1) is 12.6. The molecule has 0 spiro atoms. The summed E-state index contributed by atoms with van der Waals surface area (Å²) in [7, 11) is 0. The lowest BCUT2D eigenvalue weighted by Gasteiger charge is -2.26. The third kappa shape index (κ3) is 4.69. The van der Waals surface area contributed by atoms with Gasteiger partial charge in [0, 0.05) is 4.75 Å². The summed E-state index contributed by atoms with van der Waals surface area (Å²) in [6.45, 7) is 11.2. The first-order valence-electron chi connectivity index (χ1n) is 5.40. The molecule has 0 aliphatic carbocycles. The van der Waals surface area contributed by atoms with Crippen molar-refractivity contribution >= 4 is 11.8 Å². The van der Waals surface area contributed by atoms with Gasteiger partial charge >= 0.3 is 0 Å². The summed E-state index contributed by atoms with van der Waals surface area (Å²) < 4.78 is 2.22. The van der Waals surface area contributed by atoms with Crippen LogP contribution in [0.2, 0.25) is 0 Å². The second-order valence-corrected chi connectivity index (χ2v) is 7.19. The van der Waals surface area contributed by atoms with E-state index in [1.807, 2.05) is 22.8 Å². The summed E-state index contributed by atoms with van der Waals surface area (Å²) >= 11 is 1.95. The highest BCUT2D eigenvalue weighted by Gasteiger charge is 2.21. The zero-order chi connectivity index (χ0) is 11.5. The van der Waals surface area contributed by atoms with E-state index in [2.05, 4.69) is 44.7 Å². The number of hydrogen-bond acceptors (Lipinski definition) is 3. The fourth-order valence-electron chi connectivity index (χ4n) is 1.39. The van der Waals surface area contributed by atoms with Crippen molar-refractivity contribution in [1.29, 1.82) is 0 Å². The van der Waals surface area contributed by atoms with Gasteiger partial charge in [0.25, 0.3) is 0 Å². The molecule has 15 heavy (non-hydrogen) atoms. The fraction of sp³-hybridized carbons (Fsp3) is 0.818. The molecule has 86 valence electrons. The monoisotopic (exact) mass is 227 g/mol. The van der Waals surface area contributed by atoms with E-state index in [9.17, 15) is 0 Å². The molecule has 1 heterocycles. The van der Waals surface area contributed by atoms with E-state index in [1.165, 1.54) is 0 Å². The number of nitrogens with zero attached hydrogens (tertiary/aromatic N) is 3. The van der Waals surface area contributed by atoms with Gasteiger partial charge in [0.2, 0.25) is 0 Å². The molecular weight excluding hydrogens is 206 g/mol. The topological polar surface area (TPSA) is 30.7 Å². The molecule has 0 amide bonds. The quantitative estimate of drug-likeness (QED) is 0.790. The SMILES string of the molecule is CC(C)CC(SC(C)(C)C)n1cncn1. The Balaban J connectivity index is 2.70. The second kappa shape index (κ2) is 5.01. The number of aromatic nitrogens is 3. The molecule has 0 bridgehead atoms. The minimum atomic E-state index is 0.255. The van der Waals surface area contributed by atoms with Crippen LogP contribution in [0.4, 0.5) is 0 Å². The Morgan fingerprint density at radius 3 is 2.40 bits per heavy atom. The van der Waals surface area contributed by atoms with Crippen molar-refractivity contribution in [2.75, 3.05) is 0 Å². The van der Waals surface area contributed by atoms with Gasteiger partial charge in [-0.25, -0.2) is 9.67 Å². The first-order chi connectivity index (χ1) is 6.88. The third-order valence-electron chi connectivity index (χ3n) is 1.89. The van der Waals surface area contributed by atoms with Crippen molar-refractivity contribution in [3.63, 3.8) is 0 Å². The van der Waals surface area contributed by atoms with E-state index in [1.54, 1.807) is 6.33 Å². The van der Waals surface area contributed by atoms with Crippen molar-refractivity contribution in [3.05, 3.63) is 12.7 Å². The molecule has 0 aliphatic heterocycles. The average molecular weight is 227 g/mol. The van der Waals surface area contributed by atoms with Crippen LogP contribution in [0.1, 0.15) is 46.4 Å². The molecule has 0 radical (unpaired) electrons. The molecule has 0 saturated heterocycles. The van der Waals surface area contributed by atoms with Crippen LogP contribution in [0.5, 0.6) is 0 Å². The Labute approximate surface area is 96.7 Å². The smallest absolute Gasteiger partial charge is 0.137 e. The summed E-state index contributed by atoms with van der Waals surface area (Å²) in [4.78, 5) is 4.02. The van der Waals surface area contributed by atoms with Crippen molar-refractivity contribution in [2.24, 2.45) is 5.92 Å². The first-order valence-corrected chi connectivity index (χ1v) is 6.28. The van der Waals surface area contributed by atoms with Crippen LogP contribution in [0.15, 0.2) is 12.7 Å². The maximum Gasteiger partial charge on any atom is 0.137 e. The largest absolute Gasteiger partial charge is 0.240 e. The van der Waals surface area contributed by atoms with Crippen LogP contribution in [0.3, 0.4) is 0 Å². The van der Waals surface area contributed by atoms with E-state index in [0.717, 1.165) is 6.42 Å².